The second-order valence-electron chi connectivity index (χ2n) is 5.97. The van der Waals surface area contributed by atoms with Crippen LogP contribution in [0.5, 0.6) is 0 Å². The van der Waals surface area contributed by atoms with E-state index in [-0.39, 0.29) is 24.0 Å². The molecule has 142 valence electrons. The van der Waals surface area contributed by atoms with Gasteiger partial charge >= 0.3 is 0 Å². The summed E-state index contributed by atoms with van der Waals surface area (Å²) in [6.07, 6.45) is 8.95. The number of halogens is 1. The van der Waals surface area contributed by atoms with Crippen molar-refractivity contribution in [3.63, 3.8) is 0 Å². The van der Waals surface area contributed by atoms with Gasteiger partial charge in [0.1, 0.15) is 0 Å². The van der Waals surface area contributed by atoms with Gasteiger partial charge in [0.25, 0.3) is 0 Å². The van der Waals surface area contributed by atoms with Crippen LogP contribution in [-0.4, -0.2) is 47.3 Å². The van der Waals surface area contributed by atoms with Crippen LogP contribution < -0.4 is 5.32 Å². The number of rotatable bonds is 9. The highest BCUT2D eigenvalue weighted by molar-refractivity contribution is 14.0. The van der Waals surface area contributed by atoms with Crippen molar-refractivity contribution in [1.82, 2.24) is 20.0 Å². The van der Waals surface area contributed by atoms with E-state index in [1.807, 2.05) is 35.2 Å². The van der Waals surface area contributed by atoms with E-state index in [1.165, 1.54) is 5.56 Å². The van der Waals surface area contributed by atoms with Crippen molar-refractivity contribution in [3.05, 3.63) is 60.9 Å². The number of para-hydroxylation sites is 1. The smallest absolute Gasteiger partial charge is 0.193 e. The summed E-state index contributed by atoms with van der Waals surface area (Å²) in [4.78, 5) is 6.92. The quantitative estimate of drug-likeness (QED) is 0.200. The predicted octanol–water partition coefficient (Wildman–Crippen LogP) is 3.90. The topological polar surface area (TPSA) is 45.5 Å². The molecule has 0 atom stereocenters. The van der Waals surface area contributed by atoms with Gasteiger partial charge in [0.2, 0.25) is 0 Å². The fourth-order valence-electron chi connectivity index (χ4n) is 2.55. The van der Waals surface area contributed by atoms with Crippen molar-refractivity contribution in [3.8, 4) is 5.69 Å². The molecule has 2 rings (SSSR count). The normalized spacial score (nSPS) is 10.9. The van der Waals surface area contributed by atoms with Gasteiger partial charge in [-0.05, 0) is 43.9 Å². The van der Waals surface area contributed by atoms with Gasteiger partial charge < -0.3 is 10.2 Å². The summed E-state index contributed by atoms with van der Waals surface area (Å²) in [5.74, 6) is 0.960. The molecule has 0 bridgehead atoms. The average molecular weight is 467 g/mol. The zero-order valence-electron chi connectivity index (χ0n) is 15.8. The molecule has 0 aliphatic carbocycles. The van der Waals surface area contributed by atoms with Crippen LogP contribution in [0.3, 0.4) is 0 Å². The zero-order chi connectivity index (χ0) is 17.9. The third-order valence-electron chi connectivity index (χ3n) is 3.92. The maximum absolute atomic E-state index is 4.74. The maximum Gasteiger partial charge on any atom is 0.193 e. The summed E-state index contributed by atoms with van der Waals surface area (Å²) in [7, 11) is 2.08. The van der Waals surface area contributed by atoms with E-state index >= 15 is 0 Å². The summed E-state index contributed by atoms with van der Waals surface area (Å²) in [5, 5.41) is 7.79. The Bertz CT molecular complexity index is 666. The highest BCUT2D eigenvalue weighted by Gasteiger charge is 2.05. The van der Waals surface area contributed by atoms with E-state index in [9.17, 15) is 0 Å². The third kappa shape index (κ3) is 7.19. The maximum atomic E-state index is 4.74. The molecule has 0 saturated heterocycles. The van der Waals surface area contributed by atoms with E-state index in [1.54, 1.807) is 0 Å². The number of aromatic nitrogens is 2. The minimum atomic E-state index is 0. The first kappa shape index (κ1) is 22.2. The van der Waals surface area contributed by atoms with E-state index in [4.69, 9.17) is 4.99 Å². The Morgan fingerprint density at radius 1 is 1.35 bits per heavy atom. The van der Waals surface area contributed by atoms with Gasteiger partial charge in [-0.15, -0.1) is 30.6 Å². The molecule has 0 fully saturated rings. The number of benzene rings is 1. The molecule has 5 nitrogen and oxygen atoms in total. The number of unbranched alkanes of at least 4 members (excludes halogenated alkanes) is 1. The van der Waals surface area contributed by atoms with Gasteiger partial charge in [0, 0.05) is 32.9 Å². The van der Waals surface area contributed by atoms with Gasteiger partial charge in [-0.2, -0.15) is 5.10 Å². The Morgan fingerprint density at radius 2 is 2.12 bits per heavy atom. The lowest BCUT2D eigenvalue weighted by molar-refractivity contribution is 0.470. The lowest BCUT2D eigenvalue weighted by Gasteiger charge is -2.21. The first-order valence-electron chi connectivity index (χ1n) is 8.94. The molecule has 2 aromatic rings. The van der Waals surface area contributed by atoms with Crippen molar-refractivity contribution < 1.29 is 0 Å². The molecule has 0 amide bonds. The number of hydrogen-bond donors (Lipinski definition) is 1. The van der Waals surface area contributed by atoms with Gasteiger partial charge in [0.05, 0.1) is 11.9 Å². The highest BCUT2D eigenvalue weighted by atomic mass is 127. The largest absolute Gasteiger partial charge is 0.357 e. The molecule has 1 N–H and O–H groups in total. The number of allylic oxidation sites excluding steroid dienone is 1. The van der Waals surface area contributed by atoms with E-state index in [2.05, 4.69) is 54.2 Å². The molecule has 1 aromatic heterocycles. The van der Waals surface area contributed by atoms with Crippen molar-refractivity contribution in [2.45, 2.75) is 26.2 Å². The lowest BCUT2D eigenvalue weighted by Crippen LogP contribution is -2.39. The van der Waals surface area contributed by atoms with Crippen LogP contribution >= 0.6 is 24.0 Å². The monoisotopic (exact) mass is 467 g/mol. The molecule has 0 spiro atoms. The van der Waals surface area contributed by atoms with Crippen molar-refractivity contribution in [2.24, 2.45) is 4.99 Å². The molecule has 0 saturated carbocycles. The Labute approximate surface area is 174 Å². The predicted molar refractivity (Wildman–Crippen MR) is 121 cm³/mol. The van der Waals surface area contributed by atoms with Crippen LogP contribution in [0.2, 0.25) is 0 Å². The first-order valence-corrected chi connectivity index (χ1v) is 8.94. The summed E-state index contributed by atoms with van der Waals surface area (Å²) in [6, 6.07) is 10.2. The molecule has 1 heterocycles. The van der Waals surface area contributed by atoms with Gasteiger partial charge in [-0.1, -0.05) is 24.3 Å². The number of aliphatic imine (C=N–C) groups is 1. The van der Waals surface area contributed by atoms with E-state index < -0.39 is 0 Å². The Morgan fingerprint density at radius 3 is 2.81 bits per heavy atom. The fourth-order valence-corrected chi connectivity index (χ4v) is 2.55. The lowest BCUT2D eigenvalue weighted by atomic mass is 10.2. The number of nitrogens with zero attached hydrogens (tertiary/aromatic N) is 4. The van der Waals surface area contributed by atoms with Gasteiger partial charge in [-0.3, -0.25) is 4.99 Å². The van der Waals surface area contributed by atoms with Crippen LogP contribution in [0, 0.1) is 0 Å². The first-order chi connectivity index (χ1) is 12.2. The van der Waals surface area contributed by atoms with Gasteiger partial charge in [-0.25, -0.2) is 4.68 Å². The minimum Gasteiger partial charge on any atom is -0.357 e. The van der Waals surface area contributed by atoms with Crippen LogP contribution in [-0.2, 0) is 6.42 Å². The van der Waals surface area contributed by atoms with E-state index in [0.29, 0.717) is 0 Å². The second kappa shape index (κ2) is 12.5. The summed E-state index contributed by atoms with van der Waals surface area (Å²) < 4.78 is 1.91. The molecular weight excluding hydrogens is 437 g/mol. The fraction of sp³-hybridized carbons (Fsp3) is 0.400. The summed E-state index contributed by atoms with van der Waals surface area (Å²) in [6.45, 7) is 8.46. The number of guanidine groups is 1. The number of nitrogens with one attached hydrogen (secondary N) is 1. The Hall–Kier alpha value is -1.83. The zero-order valence-corrected chi connectivity index (χ0v) is 18.1. The molecular formula is C20H30IN5. The molecule has 26 heavy (non-hydrogen) atoms. The van der Waals surface area contributed by atoms with Crippen molar-refractivity contribution >= 4 is 29.9 Å². The van der Waals surface area contributed by atoms with Gasteiger partial charge in [0.15, 0.2) is 5.96 Å². The summed E-state index contributed by atoms with van der Waals surface area (Å²) in [5.41, 5.74) is 2.27. The average Bonchev–Trinajstić information content (AvgIpc) is 3.11. The SMILES string of the molecule is C=CCCCN(C)C(=NCCc1cnn(-c2ccccc2)c1)NCC.I. The number of hydrogen-bond acceptors (Lipinski definition) is 2. The molecule has 6 heteroatoms. The van der Waals surface area contributed by atoms with Crippen LogP contribution in [0.1, 0.15) is 25.3 Å². The van der Waals surface area contributed by atoms with Crippen molar-refractivity contribution in [1.29, 1.82) is 0 Å². The summed E-state index contributed by atoms with van der Waals surface area (Å²) >= 11 is 0. The Kier molecular flexibility index (Phi) is 10.7. The van der Waals surface area contributed by atoms with Crippen molar-refractivity contribution in [2.75, 3.05) is 26.7 Å². The van der Waals surface area contributed by atoms with Crippen LogP contribution in [0.25, 0.3) is 5.69 Å². The third-order valence-corrected chi connectivity index (χ3v) is 3.92. The highest BCUT2D eigenvalue weighted by Crippen LogP contribution is 2.08. The Balaban J connectivity index is 0.00000338. The molecule has 1 aromatic carbocycles. The molecule has 0 aliphatic heterocycles. The molecule has 0 radical (unpaired) electrons. The standard InChI is InChI=1S/C20H29N5.HI/c1-4-6-10-15-24(3)20(21-5-2)22-14-13-18-16-23-25(17-18)19-11-8-7-9-12-19;/h4,7-9,11-12,16-17H,1,5-6,10,13-15H2,2-3H3,(H,21,22);1H. The van der Waals surface area contributed by atoms with E-state index in [0.717, 1.165) is 50.5 Å². The molecule has 0 aliphatic rings. The second-order valence-corrected chi connectivity index (χ2v) is 5.97. The van der Waals surface area contributed by atoms with Crippen LogP contribution in [0.15, 0.2) is 60.4 Å². The van der Waals surface area contributed by atoms with Crippen LogP contribution in [0.4, 0.5) is 0 Å². The molecule has 0 unspecified atom stereocenters. The minimum absolute atomic E-state index is 0.